The summed E-state index contributed by atoms with van der Waals surface area (Å²) in [6.07, 6.45) is 8.33. The monoisotopic (exact) mass is 281 g/mol. The number of hydrogen-bond acceptors (Lipinski definition) is 3. The van der Waals surface area contributed by atoms with Gasteiger partial charge in [0, 0.05) is 6.04 Å². The summed E-state index contributed by atoms with van der Waals surface area (Å²) in [5.74, 6) is 0.314. The molecule has 4 heteroatoms. The van der Waals surface area contributed by atoms with Gasteiger partial charge in [0.05, 0.1) is 6.04 Å². The number of rotatable bonds is 4. The van der Waals surface area contributed by atoms with E-state index in [-0.39, 0.29) is 18.2 Å². The van der Waals surface area contributed by atoms with Gasteiger partial charge in [-0.25, -0.2) is 4.79 Å². The van der Waals surface area contributed by atoms with Crippen LogP contribution in [0.2, 0.25) is 0 Å². The average Bonchev–Trinajstić information content (AvgIpc) is 3.18. The van der Waals surface area contributed by atoms with Gasteiger partial charge in [-0.05, 0) is 52.4 Å². The molecule has 0 aliphatic heterocycles. The van der Waals surface area contributed by atoms with Gasteiger partial charge in [-0.1, -0.05) is 19.3 Å². The van der Waals surface area contributed by atoms with Gasteiger partial charge in [-0.2, -0.15) is 0 Å². The molecule has 2 fully saturated rings. The zero-order valence-corrected chi connectivity index (χ0v) is 12.9. The van der Waals surface area contributed by atoms with E-state index >= 15 is 0 Å². The summed E-state index contributed by atoms with van der Waals surface area (Å²) in [6.45, 7) is 5.60. The van der Waals surface area contributed by atoms with E-state index in [2.05, 4.69) is 0 Å². The molecule has 0 bridgehead atoms. The zero-order valence-electron chi connectivity index (χ0n) is 12.9. The maximum atomic E-state index is 12.4. The summed E-state index contributed by atoms with van der Waals surface area (Å²) < 4.78 is 5.50. The molecule has 1 unspecified atom stereocenters. The summed E-state index contributed by atoms with van der Waals surface area (Å²) in [7, 11) is 0. The lowest BCUT2D eigenvalue weighted by molar-refractivity contribution is -0.115. The molecule has 2 rings (SSSR count). The van der Waals surface area contributed by atoms with Crippen LogP contribution in [-0.2, 0) is 9.53 Å². The van der Waals surface area contributed by atoms with Gasteiger partial charge in [-0.3, -0.25) is 4.90 Å². The first-order valence-corrected chi connectivity index (χ1v) is 7.89. The number of carbonyl (C=O) groups is 2. The Balaban J connectivity index is 2.09. The van der Waals surface area contributed by atoms with Gasteiger partial charge in [0.1, 0.15) is 11.9 Å². The molecule has 0 radical (unpaired) electrons. The van der Waals surface area contributed by atoms with Crippen LogP contribution in [-0.4, -0.2) is 35.0 Å². The highest BCUT2D eigenvalue weighted by Crippen LogP contribution is 2.35. The van der Waals surface area contributed by atoms with Crippen LogP contribution >= 0.6 is 0 Å². The molecule has 2 aliphatic carbocycles. The van der Waals surface area contributed by atoms with E-state index in [0.717, 1.165) is 32.0 Å². The Hall–Kier alpha value is -1.06. The van der Waals surface area contributed by atoms with Crippen molar-refractivity contribution in [2.75, 3.05) is 0 Å². The van der Waals surface area contributed by atoms with Gasteiger partial charge >= 0.3 is 6.09 Å². The van der Waals surface area contributed by atoms with Crippen molar-refractivity contribution in [2.45, 2.75) is 83.4 Å². The Morgan fingerprint density at radius 3 is 2.20 bits per heavy atom. The predicted molar refractivity (Wildman–Crippen MR) is 77.5 cm³/mol. The highest BCUT2D eigenvalue weighted by atomic mass is 16.6. The first-order valence-electron chi connectivity index (χ1n) is 7.89. The molecule has 2 saturated carbocycles. The minimum atomic E-state index is -0.510. The van der Waals surface area contributed by atoms with Gasteiger partial charge in [0.15, 0.2) is 0 Å². The summed E-state index contributed by atoms with van der Waals surface area (Å²) in [6, 6.07) is -0.0837. The summed E-state index contributed by atoms with van der Waals surface area (Å²) in [4.78, 5) is 25.8. The molecule has 20 heavy (non-hydrogen) atoms. The number of nitrogens with zero attached hydrogens (tertiary/aromatic N) is 1. The second-order valence-corrected chi connectivity index (χ2v) is 7.14. The standard InChI is InChI=1S/C16H27NO3/c1-16(2,3)20-15(19)17(13-9-10-13)14(11-18)12-7-5-4-6-8-12/h11-14H,4-10H2,1-3H3. The smallest absolute Gasteiger partial charge is 0.411 e. The zero-order chi connectivity index (χ0) is 14.8. The minimum absolute atomic E-state index is 0.210. The van der Waals surface area contributed by atoms with Crippen LogP contribution in [0.1, 0.15) is 65.7 Å². The number of aldehydes is 1. The quantitative estimate of drug-likeness (QED) is 0.740. The molecule has 4 nitrogen and oxygen atoms in total. The van der Waals surface area contributed by atoms with Gasteiger partial charge < -0.3 is 9.53 Å². The third-order valence-electron chi connectivity index (χ3n) is 4.14. The SMILES string of the molecule is CC(C)(C)OC(=O)N(C1CC1)C(C=O)C1CCCCC1. The maximum absolute atomic E-state index is 12.4. The van der Waals surface area contributed by atoms with Crippen molar-refractivity contribution in [1.29, 1.82) is 0 Å². The molecule has 0 aromatic rings. The highest BCUT2D eigenvalue weighted by molar-refractivity contribution is 5.74. The second-order valence-electron chi connectivity index (χ2n) is 7.14. The highest BCUT2D eigenvalue weighted by Gasteiger charge is 2.42. The van der Waals surface area contributed by atoms with Crippen molar-refractivity contribution in [3.63, 3.8) is 0 Å². The number of carbonyl (C=O) groups excluding carboxylic acids is 2. The first kappa shape index (κ1) is 15.3. The van der Waals surface area contributed by atoms with Crippen molar-refractivity contribution in [1.82, 2.24) is 4.90 Å². The van der Waals surface area contributed by atoms with Gasteiger partial charge in [0.25, 0.3) is 0 Å². The lowest BCUT2D eigenvalue weighted by Gasteiger charge is -2.36. The molecule has 1 amide bonds. The Labute approximate surface area is 121 Å². The van der Waals surface area contributed by atoms with Crippen LogP contribution in [0, 0.1) is 5.92 Å². The van der Waals surface area contributed by atoms with Crippen molar-refractivity contribution < 1.29 is 14.3 Å². The second kappa shape index (κ2) is 6.15. The van der Waals surface area contributed by atoms with E-state index in [9.17, 15) is 9.59 Å². The number of amides is 1. The minimum Gasteiger partial charge on any atom is -0.444 e. The van der Waals surface area contributed by atoms with Crippen LogP contribution in [0.25, 0.3) is 0 Å². The molecule has 1 atom stereocenters. The normalized spacial score (nSPS) is 22.1. The molecule has 0 aromatic heterocycles. The first-order chi connectivity index (χ1) is 9.42. The Bertz CT molecular complexity index is 351. The molecule has 114 valence electrons. The predicted octanol–water partition coefficient (Wildman–Crippen LogP) is 3.53. The van der Waals surface area contributed by atoms with Crippen molar-refractivity contribution in [3.8, 4) is 0 Å². The van der Waals surface area contributed by atoms with Crippen LogP contribution < -0.4 is 0 Å². The third-order valence-corrected chi connectivity index (χ3v) is 4.14. The fraction of sp³-hybridized carbons (Fsp3) is 0.875. The van der Waals surface area contributed by atoms with Crippen molar-refractivity contribution in [2.24, 2.45) is 5.92 Å². The lowest BCUT2D eigenvalue weighted by atomic mass is 9.83. The summed E-state index contributed by atoms with van der Waals surface area (Å²) in [5, 5.41) is 0. The topological polar surface area (TPSA) is 46.6 Å². The molecule has 0 heterocycles. The van der Waals surface area contributed by atoms with E-state index < -0.39 is 5.60 Å². The third kappa shape index (κ3) is 3.97. The van der Waals surface area contributed by atoms with Crippen molar-refractivity contribution >= 4 is 12.4 Å². The molecule has 2 aliphatic rings. The van der Waals surface area contributed by atoms with Crippen LogP contribution in [0.5, 0.6) is 0 Å². The molecule has 0 spiro atoms. The lowest BCUT2D eigenvalue weighted by Crippen LogP contribution is -2.49. The van der Waals surface area contributed by atoms with Crippen LogP contribution in [0.3, 0.4) is 0 Å². The van der Waals surface area contributed by atoms with Gasteiger partial charge in [-0.15, -0.1) is 0 Å². The summed E-state index contributed by atoms with van der Waals surface area (Å²) >= 11 is 0. The fourth-order valence-electron chi connectivity index (χ4n) is 3.06. The molecule has 0 saturated heterocycles. The van der Waals surface area contributed by atoms with E-state index in [0.29, 0.717) is 5.92 Å². The average molecular weight is 281 g/mol. The number of hydrogen-bond donors (Lipinski definition) is 0. The Morgan fingerprint density at radius 1 is 1.15 bits per heavy atom. The molecule has 0 aromatic carbocycles. The van der Waals surface area contributed by atoms with Gasteiger partial charge in [0.2, 0.25) is 0 Å². The van der Waals surface area contributed by atoms with Crippen LogP contribution in [0.4, 0.5) is 4.79 Å². The van der Waals surface area contributed by atoms with E-state index in [1.165, 1.54) is 19.3 Å². The Kier molecular flexibility index (Phi) is 4.71. The molecular formula is C16H27NO3. The fourth-order valence-corrected chi connectivity index (χ4v) is 3.06. The van der Waals surface area contributed by atoms with E-state index in [1.54, 1.807) is 4.90 Å². The largest absolute Gasteiger partial charge is 0.444 e. The maximum Gasteiger partial charge on any atom is 0.411 e. The number of ether oxygens (including phenoxy) is 1. The molecular weight excluding hydrogens is 254 g/mol. The van der Waals surface area contributed by atoms with Crippen LogP contribution in [0.15, 0.2) is 0 Å². The van der Waals surface area contributed by atoms with E-state index in [4.69, 9.17) is 4.74 Å². The van der Waals surface area contributed by atoms with Crippen molar-refractivity contribution in [3.05, 3.63) is 0 Å². The Morgan fingerprint density at radius 2 is 1.75 bits per heavy atom. The molecule has 0 N–H and O–H groups in total. The van der Waals surface area contributed by atoms with E-state index in [1.807, 2.05) is 20.8 Å². The summed E-state index contributed by atoms with van der Waals surface area (Å²) in [5.41, 5.74) is -0.510.